The zero-order valence-electron chi connectivity index (χ0n) is 10.8. The lowest BCUT2D eigenvalue weighted by atomic mass is 10.0. The minimum absolute atomic E-state index is 0.0677. The number of amides is 1. The maximum Gasteiger partial charge on any atom is 0.254 e. The molecule has 0 spiro atoms. The van der Waals surface area contributed by atoms with E-state index in [-0.39, 0.29) is 11.9 Å². The van der Waals surface area contributed by atoms with E-state index in [2.05, 4.69) is 0 Å². The molecule has 1 aromatic rings. The van der Waals surface area contributed by atoms with Crippen LogP contribution in [-0.2, 0) is 0 Å². The van der Waals surface area contributed by atoms with Gasteiger partial charge in [0.15, 0.2) is 0 Å². The van der Waals surface area contributed by atoms with Gasteiger partial charge in [-0.15, -0.1) is 0 Å². The molecule has 2 N–H and O–H groups in total. The van der Waals surface area contributed by atoms with Gasteiger partial charge in [-0.1, -0.05) is 17.7 Å². The number of benzene rings is 1. The van der Waals surface area contributed by atoms with Gasteiger partial charge in [-0.25, -0.2) is 0 Å². The van der Waals surface area contributed by atoms with E-state index in [1.54, 1.807) is 6.07 Å². The summed E-state index contributed by atoms with van der Waals surface area (Å²) < 4.78 is 0. The Morgan fingerprint density at radius 2 is 2.28 bits per heavy atom. The molecule has 1 aromatic carbocycles. The fourth-order valence-electron chi connectivity index (χ4n) is 2.40. The summed E-state index contributed by atoms with van der Waals surface area (Å²) in [4.78, 5) is 14.3. The Hall–Kier alpha value is -1.06. The van der Waals surface area contributed by atoms with E-state index >= 15 is 0 Å². The van der Waals surface area contributed by atoms with Gasteiger partial charge < -0.3 is 10.6 Å². The van der Waals surface area contributed by atoms with E-state index < -0.39 is 0 Å². The number of nitrogens with two attached hydrogens (primary N) is 1. The lowest BCUT2D eigenvalue weighted by Crippen LogP contribution is -2.33. The van der Waals surface area contributed by atoms with E-state index in [0.717, 1.165) is 25.1 Å². The second kappa shape index (κ2) is 5.29. The summed E-state index contributed by atoms with van der Waals surface area (Å²) in [6, 6.07) is 5.58. The Kier molecular flexibility index (Phi) is 3.93. The van der Waals surface area contributed by atoms with E-state index in [4.69, 9.17) is 17.3 Å². The fourth-order valence-corrected chi connectivity index (χ4v) is 2.57. The molecular weight excluding hydrogens is 248 g/mol. The first-order chi connectivity index (χ1) is 8.49. The quantitative estimate of drug-likeness (QED) is 0.894. The van der Waals surface area contributed by atoms with Crippen LogP contribution in [0.2, 0.25) is 5.02 Å². The van der Waals surface area contributed by atoms with Crippen LogP contribution in [0.5, 0.6) is 0 Å². The van der Waals surface area contributed by atoms with Gasteiger partial charge in [-0.05, 0) is 43.9 Å². The Bertz CT molecular complexity index is 459. The smallest absolute Gasteiger partial charge is 0.254 e. The third kappa shape index (κ3) is 2.68. The molecule has 0 aromatic heterocycles. The molecule has 1 saturated heterocycles. The summed E-state index contributed by atoms with van der Waals surface area (Å²) in [5, 5.41) is 0.604. The first kappa shape index (κ1) is 13.4. The Morgan fingerprint density at radius 3 is 2.89 bits per heavy atom. The topological polar surface area (TPSA) is 46.3 Å². The molecule has 2 rings (SSSR count). The number of nitrogens with zero attached hydrogens (tertiary/aromatic N) is 1. The van der Waals surface area contributed by atoms with Crippen molar-refractivity contribution in [1.29, 1.82) is 0 Å². The number of aryl methyl sites for hydroxylation is 1. The number of carbonyl (C=O) groups is 1. The summed E-state index contributed by atoms with van der Waals surface area (Å²) in [6.45, 7) is 5.48. The van der Waals surface area contributed by atoms with Gasteiger partial charge in [-0.2, -0.15) is 0 Å². The zero-order valence-corrected chi connectivity index (χ0v) is 11.6. The number of rotatable bonds is 2. The number of carbonyl (C=O) groups excluding carboxylic acids is 1. The van der Waals surface area contributed by atoms with Crippen LogP contribution in [0.15, 0.2) is 18.2 Å². The van der Waals surface area contributed by atoms with Crippen LogP contribution in [0.1, 0.15) is 29.3 Å². The molecule has 0 aliphatic carbocycles. The van der Waals surface area contributed by atoms with Gasteiger partial charge in [0.2, 0.25) is 0 Å². The van der Waals surface area contributed by atoms with Crippen LogP contribution in [0.3, 0.4) is 0 Å². The van der Waals surface area contributed by atoms with Crippen LogP contribution in [0.4, 0.5) is 0 Å². The molecule has 1 aliphatic rings. The SMILES string of the molecule is Cc1ccc(Cl)cc1C(=O)N1CCC(C(C)N)C1. The van der Waals surface area contributed by atoms with Crippen molar-refractivity contribution in [3.8, 4) is 0 Å². The third-order valence-corrected chi connectivity index (χ3v) is 3.92. The first-order valence-electron chi connectivity index (χ1n) is 6.30. The highest BCUT2D eigenvalue weighted by atomic mass is 35.5. The van der Waals surface area contributed by atoms with Crippen molar-refractivity contribution in [3.05, 3.63) is 34.3 Å². The molecule has 0 bridgehead atoms. The van der Waals surface area contributed by atoms with Crippen molar-refractivity contribution < 1.29 is 4.79 Å². The summed E-state index contributed by atoms with van der Waals surface area (Å²) >= 11 is 5.96. The summed E-state index contributed by atoms with van der Waals surface area (Å²) in [7, 11) is 0. The maximum absolute atomic E-state index is 12.4. The number of halogens is 1. The summed E-state index contributed by atoms with van der Waals surface area (Å²) in [6.07, 6.45) is 0.989. The minimum Gasteiger partial charge on any atom is -0.338 e. The maximum atomic E-state index is 12.4. The van der Waals surface area contributed by atoms with Crippen molar-refractivity contribution in [2.75, 3.05) is 13.1 Å². The molecule has 1 amide bonds. The van der Waals surface area contributed by atoms with E-state index in [1.165, 1.54) is 0 Å². The second-order valence-electron chi connectivity index (χ2n) is 5.12. The van der Waals surface area contributed by atoms with Crippen molar-refractivity contribution in [2.45, 2.75) is 26.3 Å². The second-order valence-corrected chi connectivity index (χ2v) is 5.55. The Balaban J connectivity index is 2.15. The van der Waals surface area contributed by atoms with Crippen molar-refractivity contribution in [2.24, 2.45) is 11.7 Å². The first-order valence-corrected chi connectivity index (χ1v) is 6.68. The van der Waals surface area contributed by atoms with Crippen LogP contribution in [0.25, 0.3) is 0 Å². The van der Waals surface area contributed by atoms with Crippen LogP contribution >= 0.6 is 11.6 Å². The highest BCUT2D eigenvalue weighted by molar-refractivity contribution is 6.31. The van der Waals surface area contributed by atoms with Crippen LogP contribution in [0, 0.1) is 12.8 Å². The normalized spacial score (nSPS) is 21.1. The van der Waals surface area contributed by atoms with Crippen LogP contribution < -0.4 is 5.73 Å². The van der Waals surface area contributed by atoms with E-state index in [9.17, 15) is 4.79 Å². The predicted octanol–water partition coefficient (Wildman–Crippen LogP) is 2.46. The monoisotopic (exact) mass is 266 g/mol. The fraction of sp³-hybridized carbons (Fsp3) is 0.500. The summed E-state index contributed by atoms with van der Waals surface area (Å²) in [5.41, 5.74) is 7.56. The largest absolute Gasteiger partial charge is 0.338 e. The molecule has 1 fully saturated rings. The molecule has 3 nitrogen and oxygen atoms in total. The van der Waals surface area contributed by atoms with E-state index in [0.29, 0.717) is 16.5 Å². The van der Waals surface area contributed by atoms with Gasteiger partial charge in [-0.3, -0.25) is 4.79 Å². The molecule has 2 unspecified atom stereocenters. The number of hydrogen-bond donors (Lipinski definition) is 1. The molecule has 1 heterocycles. The number of hydrogen-bond acceptors (Lipinski definition) is 2. The summed E-state index contributed by atoms with van der Waals surface area (Å²) in [5.74, 6) is 0.478. The zero-order chi connectivity index (χ0) is 13.3. The van der Waals surface area contributed by atoms with Gasteiger partial charge in [0.1, 0.15) is 0 Å². The van der Waals surface area contributed by atoms with Crippen LogP contribution in [-0.4, -0.2) is 29.9 Å². The lowest BCUT2D eigenvalue weighted by molar-refractivity contribution is 0.0785. The molecule has 18 heavy (non-hydrogen) atoms. The highest BCUT2D eigenvalue weighted by Crippen LogP contribution is 2.23. The van der Waals surface area contributed by atoms with Gasteiger partial charge in [0.25, 0.3) is 5.91 Å². The van der Waals surface area contributed by atoms with Crippen molar-refractivity contribution >= 4 is 17.5 Å². The molecule has 1 aliphatic heterocycles. The average molecular weight is 267 g/mol. The minimum atomic E-state index is 0.0677. The Labute approximate surface area is 113 Å². The van der Waals surface area contributed by atoms with Gasteiger partial charge in [0, 0.05) is 29.7 Å². The average Bonchev–Trinajstić information content (AvgIpc) is 2.81. The predicted molar refractivity (Wildman–Crippen MR) is 73.8 cm³/mol. The van der Waals surface area contributed by atoms with Crippen molar-refractivity contribution in [3.63, 3.8) is 0 Å². The molecule has 98 valence electrons. The molecule has 0 saturated carbocycles. The molecule has 4 heteroatoms. The number of likely N-dealkylation sites (tertiary alicyclic amines) is 1. The molecular formula is C14H19ClN2O. The highest BCUT2D eigenvalue weighted by Gasteiger charge is 2.29. The van der Waals surface area contributed by atoms with E-state index in [1.807, 2.05) is 30.9 Å². The Morgan fingerprint density at radius 1 is 1.56 bits per heavy atom. The lowest BCUT2D eigenvalue weighted by Gasteiger charge is -2.19. The molecule has 2 atom stereocenters. The third-order valence-electron chi connectivity index (χ3n) is 3.69. The standard InChI is InChI=1S/C14H19ClN2O/c1-9-3-4-12(15)7-13(9)14(18)17-6-5-11(8-17)10(2)16/h3-4,7,10-11H,5-6,8,16H2,1-2H3. The van der Waals surface area contributed by atoms with Gasteiger partial charge >= 0.3 is 0 Å². The van der Waals surface area contributed by atoms with Crippen molar-refractivity contribution in [1.82, 2.24) is 4.90 Å². The van der Waals surface area contributed by atoms with Gasteiger partial charge in [0.05, 0.1) is 0 Å². The molecule has 0 radical (unpaired) electrons.